The Morgan fingerprint density at radius 3 is 2.88 bits per heavy atom. The number of hydrogen-bond acceptors (Lipinski definition) is 5. The molecule has 5 nitrogen and oxygen atoms in total. The lowest BCUT2D eigenvalue weighted by molar-refractivity contribution is 0.0692. The highest BCUT2D eigenvalue weighted by atomic mass is 32.1. The van der Waals surface area contributed by atoms with E-state index in [1.807, 2.05) is 13.0 Å². The van der Waals surface area contributed by atoms with E-state index < -0.39 is 5.97 Å². The zero-order valence-corrected chi connectivity index (χ0v) is 9.37. The molecule has 0 saturated carbocycles. The van der Waals surface area contributed by atoms with Crippen molar-refractivity contribution in [3.8, 4) is 10.8 Å². The van der Waals surface area contributed by atoms with Crippen molar-refractivity contribution >= 4 is 22.3 Å². The number of furan rings is 1. The highest BCUT2D eigenvalue weighted by molar-refractivity contribution is 7.19. The van der Waals surface area contributed by atoms with Crippen LogP contribution < -0.4 is 5.73 Å². The lowest BCUT2D eigenvalue weighted by Gasteiger charge is -1.89. The van der Waals surface area contributed by atoms with Gasteiger partial charge in [-0.3, -0.25) is 0 Å². The van der Waals surface area contributed by atoms with Crippen LogP contribution in [0.25, 0.3) is 10.8 Å². The highest BCUT2D eigenvalue weighted by Gasteiger charge is 2.17. The van der Waals surface area contributed by atoms with Crippen molar-refractivity contribution in [1.82, 2.24) is 4.98 Å². The fourth-order valence-corrected chi connectivity index (χ4v) is 2.06. The summed E-state index contributed by atoms with van der Waals surface area (Å²) in [6.07, 6.45) is 0.784. The van der Waals surface area contributed by atoms with Crippen molar-refractivity contribution in [3.63, 3.8) is 0 Å². The molecule has 3 N–H and O–H groups in total. The van der Waals surface area contributed by atoms with Crippen LogP contribution >= 0.6 is 11.3 Å². The Hall–Kier alpha value is -1.82. The Kier molecular flexibility index (Phi) is 2.66. The molecule has 84 valence electrons. The smallest absolute Gasteiger partial charge is 0.357 e. The maximum atomic E-state index is 10.8. The third-order valence-electron chi connectivity index (χ3n) is 2.08. The molecule has 0 fully saturated rings. The van der Waals surface area contributed by atoms with Gasteiger partial charge in [-0.25, -0.2) is 9.78 Å². The molecule has 2 aromatic rings. The molecule has 6 heteroatoms. The maximum absolute atomic E-state index is 10.8. The first-order valence-corrected chi connectivity index (χ1v) is 5.52. The van der Waals surface area contributed by atoms with E-state index >= 15 is 0 Å². The average Bonchev–Trinajstić information content (AvgIpc) is 2.83. The number of thiazole rings is 1. The molecule has 0 aliphatic carbocycles. The van der Waals surface area contributed by atoms with Crippen molar-refractivity contribution in [2.75, 3.05) is 5.73 Å². The molecule has 0 bridgehead atoms. The van der Waals surface area contributed by atoms with Crippen LogP contribution in [0.1, 0.15) is 23.2 Å². The second kappa shape index (κ2) is 3.97. The van der Waals surface area contributed by atoms with Gasteiger partial charge in [0.15, 0.2) is 16.5 Å². The summed E-state index contributed by atoms with van der Waals surface area (Å²) in [5, 5.41) is 9.50. The summed E-state index contributed by atoms with van der Waals surface area (Å²) < 4.78 is 5.47. The Bertz CT molecular complexity index is 530. The number of hydrogen-bond donors (Lipinski definition) is 2. The summed E-state index contributed by atoms with van der Waals surface area (Å²) in [5.41, 5.74) is 5.44. The SMILES string of the molecule is CCc1ccc(-c2nc(C(=O)O)c(N)s2)o1. The van der Waals surface area contributed by atoms with Gasteiger partial charge in [0, 0.05) is 6.42 Å². The molecule has 2 rings (SSSR count). The van der Waals surface area contributed by atoms with E-state index in [0.29, 0.717) is 10.8 Å². The molecule has 0 unspecified atom stereocenters. The van der Waals surface area contributed by atoms with Gasteiger partial charge in [-0.15, -0.1) is 0 Å². The first kappa shape index (κ1) is 10.7. The normalized spacial score (nSPS) is 10.6. The fourth-order valence-electron chi connectivity index (χ4n) is 1.27. The van der Waals surface area contributed by atoms with E-state index in [1.165, 1.54) is 0 Å². The van der Waals surface area contributed by atoms with Crippen molar-refractivity contribution in [2.24, 2.45) is 0 Å². The average molecular weight is 238 g/mol. The number of anilines is 1. The van der Waals surface area contributed by atoms with E-state index in [2.05, 4.69) is 4.98 Å². The number of rotatable bonds is 3. The minimum Gasteiger partial charge on any atom is -0.476 e. The molecule has 16 heavy (non-hydrogen) atoms. The third kappa shape index (κ3) is 1.79. The molecular weight excluding hydrogens is 228 g/mol. The van der Waals surface area contributed by atoms with Gasteiger partial charge in [0.25, 0.3) is 0 Å². The zero-order valence-electron chi connectivity index (χ0n) is 8.56. The van der Waals surface area contributed by atoms with Crippen LogP contribution in [0.2, 0.25) is 0 Å². The molecule has 0 aromatic carbocycles. The van der Waals surface area contributed by atoms with Crippen LogP contribution in [0.4, 0.5) is 5.00 Å². The summed E-state index contributed by atoms with van der Waals surface area (Å²) in [7, 11) is 0. The Morgan fingerprint density at radius 1 is 1.62 bits per heavy atom. The lowest BCUT2D eigenvalue weighted by Crippen LogP contribution is -2.00. The van der Waals surface area contributed by atoms with Crippen LogP contribution in [-0.4, -0.2) is 16.1 Å². The number of nitrogens with zero attached hydrogens (tertiary/aromatic N) is 1. The predicted octanol–water partition coefficient (Wildman–Crippen LogP) is 2.25. The first-order valence-electron chi connectivity index (χ1n) is 4.70. The summed E-state index contributed by atoms with van der Waals surface area (Å²) in [4.78, 5) is 14.7. The van der Waals surface area contributed by atoms with Crippen LogP contribution in [0.5, 0.6) is 0 Å². The topological polar surface area (TPSA) is 89.3 Å². The maximum Gasteiger partial charge on any atom is 0.357 e. The number of nitrogens with two attached hydrogens (primary N) is 1. The van der Waals surface area contributed by atoms with E-state index in [0.717, 1.165) is 23.5 Å². The van der Waals surface area contributed by atoms with Crippen molar-refractivity contribution in [1.29, 1.82) is 0 Å². The number of aromatic carboxylic acids is 1. The largest absolute Gasteiger partial charge is 0.476 e. The van der Waals surface area contributed by atoms with Gasteiger partial charge in [0.1, 0.15) is 10.8 Å². The number of aromatic nitrogens is 1. The standard InChI is InChI=1S/C10H10N2O3S/c1-2-5-3-4-6(15-5)9-12-7(10(13)14)8(11)16-9/h3-4H,2,11H2,1H3,(H,13,14). The lowest BCUT2D eigenvalue weighted by atomic mass is 10.3. The van der Waals surface area contributed by atoms with Gasteiger partial charge in [0.05, 0.1) is 0 Å². The molecule has 0 atom stereocenters. The molecule has 0 amide bonds. The van der Waals surface area contributed by atoms with E-state index in [9.17, 15) is 4.79 Å². The number of carbonyl (C=O) groups is 1. The number of aryl methyl sites for hydroxylation is 1. The van der Waals surface area contributed by atoms with Crippen LogP contribution in [0.15, 0.2) is 16.5 Å². The van der Waals surface area contributed by atoms with Crippen molar-refractivity contribution in [2.45, 2.75) is 13.3 Å². The summed E-state index contributed by atoms with van der Waals surface area (Å²) in [6.45, 7) is 1.97. The van der Waals surface area contributed by atoms with Gasteiger partial charge in [0.2, 0.25) is 0 Å². The molecule has 0 aliphatic heterocycles. The van der Waals surface area contributed by atoms with Crippen molar-refractivity contribution in [3.05, 3.63) is 23.6 Å². The Labute approximate surface area is 95.5 Å². The molecule has 0 radical (unpaired) electrons. The molecule has 2 heterocycles. The summed E-state index contributed by atoms with van der Waals surface area (Å²) in [5.74, 6) is 0.268. The second-order valence-electron chi connectivity index (χ2n) is 3.16. The quantitative estimate of drug-likeness (QED) is 0.855. The van der Waals surface area contributed by atoms with Gasteiger partial charge in [-0.1, -0.05) is 18.3 Å². The molecule has 0 spiro atoms. The van der Waals surface area contributed by atoms with E-state index in [1.54, 1.807) is 6.07 Å². The fraction of sp³-hybridized carbons (Fsp3) is 0.200. The van der Waals surface area contributed by atoms with Crippen LogP contribution in [-0.2, 0) is 6.42 Å². The van der Waals surface area contributed by atoms with Gasteiger partial charge < -0.3 is 15.3 Å². The summed E-state index contributed by atoms with van der Waals surface area (Å²) >= 11 is 1.11. The predicted molar refractivity (Wildman–Crippen MR) is 60.6 cm³/mol. The number of carboxylic acid groups (broad SMARTS) is 1. The molecular formula is C10H10N2O3S. The minimum absolute atomic E-state index is 0.116. The third-order valence-corrected chi connectivity index (χ3v) is 2.98. The zero-order chi connectivity index (χ0) is 11.7. The molecule has 0 saturated heterocycles. The number of nitrogen functional groups attached to an aromatic ring is 1. The minimum atomic E-state index is -1.12. The molecule has 0 aliphatic rings. The monoisotopic (exact) mass is 238 g/mol. The second-order valence-corrected chi connectivity index (χ2v) is 4.19. The number of carboxylic acids is 1. The van der Waals surface area contributed by atoms with E-state index in [-0.39, 0.29) is 10.7 Å². The van der Waals surface area contributed by atoms with Crippen LogP contribution in [0.3, 0.4) is 0 Å². The summed E-state index contributed by atoms with van der Waals surface area (Å²) in [6, 6.07) is 3.61. The van der Waals surface area contributed by atoms with E-state index in [4.69, 9.17) is 15.3 Å². The Morgan fingerprint density at radius 2 is 2.38 bits per heavy atom. The van der Waals surface area contributed by atoms with Crippen LogP contribution in [0, 0.1) is 0 Å². The van der Waals surface area contributed by atoms with Gasteiger partial charge in [-0.2, -0.15) is 0 Å². The van der Waals surface area contributed by atoms with Crippen molar-refractivity contribution < 1.29 is 14.3 Å². The van der Waals surface area contributed by atoms with Gasteiger partial charge in [-0.05, 0) is 12.1 Å². The Balaban J connectivity index is 2.41. The van der Waals surface area contributed by atoms with Gasteiger partial charge >= 0.3 is 5.97 Å². The highest BCUT2D eigenvalue weighted by Crippen LogP contribution is 2.31. The first-order chi connectivity index (χ1) is 7.61. The molecule has 2 aromatic heterocycles.